The SMILES string of the molecule is O=C1Nc2ccccc2CNCCCNCc2ccccc2NC1=O. The number of amides is 2. The van der Waals surface area contributed by atoms with Gasteiger partial charge in [0, 0.05) is 24.5 Å². The van der Waals surface area contributed by atoms with Crippen LogP contribution in [0.15, 0.2) is 48.5 Å². The van der Waals surface area contributed by atoms with Crippen molar-refractivity contribution in [1.29, 1.82) is 0 Å². The van der Waals surface area contributed by atoms with E-state index in [1.165, 1.54) is 0 Å². The molecule has 1 heterocycles. The minimum Gasteiger partial charge on any atom is -0.317 e. The zero-order valence-corrected chi connectivity index (χ0v) is 14.0. The van der Waals surface area contributed by atoms with Gasteiger partial charge in [-0.25, -0.2) is 0 Å². The maximum Gasteiger partial charge on any atom is 0.314 e. The van der Waals surface area contributed by atoms with Crippen LogP contribution in [0, 0.1) is 0 Å². The highest BCUT2D eigenvalue weighted by molar-refractivity contribution is 6.43. The summed E-state index contributed by atoms with van der Waals surface area (Å²) in [5.41, 5.74) is 3.20. The Hall–Kier alpha value is -2.70. The quantitative estimate of drug-likeness (QED) is 0.553. The smallest absolute Gasteiger partial charge is 0.314 e. The van der Waals surface area contributed by atoms with Gasteiger partial charge in [-0.2, -0.15) is 0 Å². The van der Waals surface area contributed by atoms with E-state index in [0.717, 1.165) is 30.6 Å². The minimum absolute atomic E-state index is 0.637. The van der Waals surface area contributed by atoms with E-state index in [9.17, 15) is 9.59 Å². The van der Waals surface area contributed by atoms with Crippen molar-refractivity contribution in [3.05, 3.63) is 59.7 Å². The van der Waals surface area contributed by atoms with Crippen LogP contribution in [0.2, 0.25) is 0 Å². The van der Waals surface area contributed by atoms with E-state index >= 15 is 0 Å². The molecular weight excluding hydrogens is 316 g/mol. The third-order valence-electron chi connectivity index (χ3n) is 4.08. The molecule has 3 rings (SSSR count). The number of fused-ring (bicyclic) bond motifs is 2. The zero-order chi connectivity index (χ0) is 17.5. The first-order valence-corrected chi connectivity index (χ1v) is 8.43. The van der Waals surface area contributed by atoms with Crippen LogP contribution in [0.3, 0.4) is 0 Å². The number of carbonyl (C=O) groups excluding carboxylic acids is 2. The van der Waals surface area contributed by atoms with Gasteiger partial charge in [-0.15, -0.1) is 0 Å². The Kier molecular flexibility index (Phi) is 5.77. The first-order chi connectivity index (χ1) is 12.2. The lowest BCUT2D eigenvalue weighted by atomic mass is 10.1. The molecule has 0 saturated heterocycles. The average molecular weight is 338 g/mol. The molecule has 0 bridgehead atoms. The number of nitrogens with one attached hydrogen (secondary N) is 4. The summed E-state index contributed by atoms with van der Waals surface area (Å²) in [5, 5.41) is 12.1. The van der Waals surface area contributed by atoms with Crippen LogP contribution in [0.1, 0.15) is 17.5 Å². The molecule has 0 atom stereocenters. The molecule has 25 heavy (non-hydrogen) atoms. The molecule has 0 radical (unpaired) electrons. The summed E-state index contributed by atoms with van der Waals surface area (Å²) in [7, 11) is 0. The fourth-order valence-electron chi connectivity index (χ4n) is 2.74. The Morgan fingerprint density at radius 1 is 0.640 bits per heavy atom. The number of rotatable bonds is 0. The molecule has 1 aliphatic rings. The molecule has 2 aromatic carbocycles. The number of anilines is 2. The van der Waals surface area contributed by atoms with Gasteiger partial charge in [-0.05, 0) is 42.8 Å². The second kappa shape index (κ2) is 8.41. The highest BCUT2D eigenvalue weighted by Crippen LogP contribution is 2.17. The van der Waals surface area contributed by atoms with Gasteiger partial charge in [0.05, 0.1) is 0 Å². The van der Waals surface area contributed by atoms with Crippen molar-refractivity contribution in [2.24, 2.45) is 0 Å². The van der Waals surface area contributed by atoms with Crippen molar-refractivity contribution in [3.63, 3.8) is 0 Å². The summed E-state index contributed by atoms with van der Waals surface area (Å²) in [6, 6.07) is 15.0. The molecule has 4 N–H and O–H groups in total. The van der Waals surface area contributed by atoms with E-state index < -0.39 is 11.8 Å². The summed E-state index contributed by atoms with van der Waals surface area (Å²) in [6.07, 6.45) is 0.989. The fourth-order valence-corrected chi connectivity index (χ4v) is 2.74. The van der Waals surface area contributed by atoms with Crippen molar-refractivity contribution in [1.82, 2.24) is 10.6 Å². The lowest BCUT2D eigenvalue weighted by Crippen LogP contribution is -2.30. The Labute approximate surface area is 147 Å². The van der Waals surface area contributed by atoms with Crippen molar-refractivity contribution in [3.8, 4) is 0 Å². The topological polar surface area (TPSA) is 82.3 Å². The van der Waals surface area contributed by atoms with Crippen molar-refractivity contribution in [2.75, 3.05) is 23.7 Å². The maximum atomic E-state index is 12.3. The monoisotopic (exact) mass is 338 g/mol. The largest absolute Gasteiger partial charge is 0.317 e. The molecule has 2 amide bonds. The third-order valence-corrected chi connectivity index (χ3v) is 4.08. The van der Waals surface area contributed by atoms with Crippen molar-refractivity contribution >= 4 is 23.2 Å². The van der Waals surface area contributed by atoms with Crippen LogP contribution in [-0.4, -0.2) is 24.9 Å². The summed E-state index contributed by atoms with van der Waals surface area (Å²) in [5.74, 6) is -1.35. The van der Waals surface area contributed by atoms with E-state index in [1.807, 2.05) is 36.4 Å². The van der Waals surface area contributed by atoms with Crippen LogP contribution in [0.4, 0.5) is 11.4 Å². The molecule has 130 valence electrons. The molecule has 0 aliphatic carbocycles. The van der Waals surface area contributed by atoms with E-state index in [1.54, 1.807) is 12.1 Å². The van der Waals surface area contributed by atoms with Gasteiger partial charge in [0.15, 0.2) is 0 Å². The molecule has 2 aromatic rings. The van der Waals surface area contributed by atoms with Crippen LogP contribution >= 0.6 is 0 Å². The van der Waals surface area contributed by atoms with Crippen LogP contribution in [0.25, 0.3) is 0 Å². The Balaban J connectivity index is 1.83. The molecule has 0 unspecified atom stereocenters. The van der Waals surface area contributed by atoms with Crippen molar-refractivity contribution in [2.45, 2.75) is 19.5 Å². The predicted octanol–water partition coefficient (Wildman–Crippen LogP) is 1.85. The molecule has 0 fully saturated rings. The number of hydrogen-bond donors (Lipinski definition) is 4. The Morgan fingerprint density at radius 2 is 1.08 bits per heavy atom. The fraction of sp³-hybridized carbons (Fsp3) is 0.263. The van der Waals surface area contributed by atoms with Gasteiger partial charge in [0.1, 0.15) is 0 Å². The summed E-state index contributed by atoms with van der Waals surface area (Å²) < 4.78 is 0. The summed E-state index contributed by atoms with van der Waals surface area (Å²) in [6.45, 7) is 3.01. The Bertz CT molecular complexity index is 697. The standard InChI is InChI=1S/C19H22N4O2/c24-18-19(25)23-17-9-4-2-7-15(17)13-21-11-5-10-20-12-14-6-1-3-8-16(14)22-18/h1-4,6-9,20-21H,5,10-13H2,(H,22,24)(H,23,25). The second-order valence-electron chi connectivity index (χ2n) is 5.93. The van der Waals surface area contributed by atoms with Gasteiger partial charge in [-0.1, -0.05) is 36.4 Å². The van der Waals surface area contributed by atoms with Gasteiger partial charge in [-0.3, -0.25) is 9.59 Å². The lowest BCUT2D eigenvalue weighted by molar-refractivity contribution is -0.133. The first-order valence-electron chi connectivity index (χ1n) is 8.43. The number of benzene rings is 2. The van der Waals surface area contributed by atoms with Crippen LogP contribution in [0.5, 0.6) is 0 Å². The van der Waals surface area contributed by atoms with E-state index in [0.29, 0.717) is 24.5 Å². The van der Waals surface area contributed by atoms with E-state index in [4.69, 9.17) is 0 Å². The minimum atomic E-state index is -0.676. The molecule has 6 nitrogen and oxygen atoms in total. The van der Waals surface area contributed by atoms with Gasteiger partial charge < -0.3 is 21.3 Å². The first kappa shape index (κ1) is 17.1. The highest BCUT2D eigenvalue weighted by atomic mass is 16.2. The number of para-hydroxylation sites is 2. The number of hydrogen-bond acceptors (Lipinski definition) is 4. The summed E-state index contributed by atoms with van der Waals surface area (Å²) >= 11 is 0. The van der Waals surface area contributed by atoms with Gasteiger partial charge >= 0.3 is 11.8 Å². The van der Waals surface area contributed by atoms with Crippen LogP contribution < -0.4 is 21.3 Å². The highest BCUT2D eigenvalue weighted by Gasteiger charge is 2.17. The third kappa shape index (κ3) is 4.65. The van der Waals surface area contributed by atoms with E-state index in [2.05, 4.69) is 21.3 Å². The predicted molar refractivity (Wildman–Crippen MR) is 98.2 cm³/mol. The molecule has 0 saturated carbocycles. The van der Waals surface area contributed by atoms with E-state index in [-0.39, 0.29) is 0 Å². The normalized spacial score (nSPS) is 16.5. The molecular formula is C19H22N4O2. The zero-order valence-electron chi connectivity index (χ0n) is 14.0. The molecule has 0 spiro atoms. The van der Waals surface area contributed by atoms with Gasteiger partial charge in [0.2, 0.25) is 0 Å². The molecule has 6 heteroatoms. The lowest BCUT2D eigenvalue weighted by Gasteiger charge is -2.12. The molecule has 1 aliphatic heterocycles. The Morgan fingerprint density at radius 3 is 1.56 bits per heavy atom. The number of carbonyl (C=O) groups is 2. The second-order valence-corrected chi connectivity index (χ2v) is 5.93. The average Bonchev–Trinajstić information content (AvgIpc) is 2.63. The van der Waals surface area contributed by atoms with Crippen molar-refractivity contribution < 1.29 is 9.59 Å². The van der Waals surface area contributed by atoms with Gasteiger partial charge in [0.25, 0.3) is 0 Å². The maximum absolute atomic E-state index is 12.3. The van der Waals surface area contributed by atoms with Crippen LogP contribution in [-0.2, 0) is 22.7 Å². The molecule has 0 aromatic heterocycles. The summed E-state index contributed by atoms with van der Waals surface area (Å²) in [4.78, 5) is 24.5.